The normalized spacial score (nSPS) is 11.8. The standard InChI is InChI=1S/C24H29FN6O2/c1-14(2)7-17(11-26)29-24-21(25)10-20(22(27)32)23(31-24)30-18-8-16(12-28-13-18)15-5-4-6-19(9-15)33-3/h4-6,8-10,12-14,17H,7,11,26H2,1-3H3,(H2,27,32)(H2,29,30,31). The number of benzene rings is 1. The number of pyridine rings is 2. The molecule has 0 aliphatic carbocycles. The number of rotatable bonds is 10. The Labute approximate surface area is 192 Å². The molecule has 1 aromatic carbocycles. The smallest absolute Gasteiger partial charge is 0.252 e. The number of anilines is 3. The molecule has 0 radical (unpaired) electrons. The van der Waals surface area contributed by atoms with Gasteiger partial charge in [-0.05, 0) is 42.2 Å². The van der Waals surface area contributed by atoms with Gasteiger partial charge in [-0.3, -0.25) is 9.78 Å². The summed E-state index contributed by atoms with van der Waals surface area (Å²) in [7, 11) is 1.60. The van der Waals surface area contributed by atoms with Crippen molar-refractivity contribution in [2.45, 2.75) is 26.3 Å². The summed E-state index contributed by atoms with van der Waals surface area (Å²) in [4.78, 5) is 20.5. The largest absolute Gasteiger partial charge is 0.497 e. The Morgan fingerprint density at radius 1 is 1.15 bits per heavy atom. The quantitative estimate of drug-likeness (QED) is 0.367. The number of primary amides is 1. The zero-order valence-electron chi connectivity index (χ0n) is 18.9. The molecule has 0 spiro atoms. The lowest BCUT2D eigenvalue weighted by Gasteiger charge is -2.21. The molecule has 9 heteroatoms. The molecule has 1 amide bonds. The molecule has 3 aromatic rings. The fourth-order valence-corrected chi connectivity index (χ4v) is 3.46. The van der Waals surface area contributed by atoms with E-state index in [-0.39, 0.29) is 23.2 Å². The molecule has 174 valence electrons. The maximum atomic E-state index is 14.7. The molecule has 1 atom stereocenters. The van der Waals surface area contributed by atoms with Crippen LogP contribution < -0.4 is 26.8 Å². The first kappa shape index (κ1) is 23.9. The number of carbonyl (C=O) groups is 1. The van der Waals surface area contributed by atoms with Crippen molar-refractivity contribution in [2.24, 2.45) is 17.4 Å². The van der Waals surface area contributed by atoms with Crippen molar-refractivity contribution in [2.75, 3.05) is 24.3 Å². The van der Waals surface area contributed by atoms with E-state index in [0.29, 0.717) is 23.9 Å². The van der Waals surface area contributed by atoms with Gasteiger partial charge < -0.3 is 26.8 Å². The molecule has 2 aromatic heterocycles. The number of nitrogens with one attached hydrogen (secondary N) is 2. The number of aromatic nitrogens is 2. The van der Waals surface area contributed by atoms with Crippen LogP contribution in [0.5, 0.6) is 5.75 Å². The van der Waals surface area contributed by atoms with E-state index in [0.717, 1.165) is 23.6 Å². The topological polar surface area (TPSA) is 128 Å². The summed E-state index contributed by atoms with van der Waals surface area (Å²) < 4.78 is 20.0. The summed E-state index contributed by atoms with van der Waals surface area (Å²) in [6.45, 7) is 4.42. The molecular weight excluding hydrogens is 423 g/mol. The number of hydrogen-bond donors (Lipinski definition) is 4. The number of amides is 1. The van der Waals surface area contributed by atoms with Gasteiger partial charge in [0.2, 0.25) is 0 Å². The number of ether oxygens (including phenoxy) is 1. The number of halogens is 1. The van der Waals surface area contributed by atoms with Crippen LogP contribution in [-0.2, 0) is 0 Å². The maximum absolute atomic E-state index is 14.7. The first-order chi connectivity index (χ1) is 15.8. The summed E-state index contributed by atoms with van der Waals surface area (Å²) in [5.41, 5.74) is 13.5. The van der Waals surface area contributed by atoms with E-state index in [9.17, 15) is 9.18 Å². The Kier molecular flexibility index (Phi) is 7.78. The molecule has 0 aliphatic rings. The van der Waals surface area contributed by atoms with Crippen LogP contribution in [0.1, 0.15) is 30.6 Å². The Bertz CT molecular complexity index is 1120. The highest BCUT2D eigenvalue weighted by molar-refractivity contribution is 5.98. The minimum absolute atomic E-state index is 0.00416. The lowest BCUT2D eigenvalue weighted by atomic mass is 10.0. The van der Waals surface area contributed by atoms with Crippen molar-refractivity contribution in [1.29, 1.82) is 0 Å². The number of carbonyl (C=O) groups excluding carboxylic acids is 1. The van der Waals surface area contributed by atoms with Crippen LogP contribution in [0, 0.1) is 11.7 Å². The lowest BCUT2D eigenvalue weighted by Crippen LogP contribution is -2.31. The number of nitrogens with two attached hydrogens (primary N) is 2. The van der Waals surface area contributed by atoms with Gasteiger partial charge >= 0.3 is 0 Å². The minimum Gasteiger partial charge on any atom is -0.497 e. The first-order valence-corrected chi connectivity index (χ1v) is 10.6. The van der Waals surface area contributed by atoms with E-state index in [4.69, 9.17) is 16.2 Å². The number of nitrogens with zero attached hydrogens (tertiary/aromatic N) is 2. The fraction of sp³-hybridized carbons (Fsp3) is 0.292. The molecule has 1 unspecified atom stereocenters. The van der Waals surface area contributed by atoms with Crippen LogP contribution in [-0.4, -0.2) is 35.6 Å². The van der Waals surface area contributed by atoms with Crippen LogP contribution in [0.25, 0.3) is 11.1 Å². The van der Waals surface area contributed by atoms with Gasteiger partial charge in [-0.25, -0.2) is 9.37 Å². The molecule has 2 heterocycles. The number of methoxy groups -OCH3 is 1. The Morgan fingerprint density at radius 2 is 1.94 bits per heavy atom. The average Bonchev–Trinajstić information content (AvgIpc) is 2.80. The highest BCUT2D eigenvalue weighted by Crippen LogP contribution is 2.28. The second kappa shape index (κ2) is 10.7. The molecule has 0 aliphatic heterocycles. The molecule has 3 rings (SSSR count). The molecular formula is C24H29FN6O2. The second-order valence-electron chi connectivity index (χ2n) is 8.10. The Morgan fingerprint density at radius 3 is 2.61 bits per heavy atom. The minimum atomic E-state index is -0.801. The Balaban J connectivity index is 1.94. The Hall–Kier alpha value is -3.72. The van der Waals surface area contributed by atoms with E-state index in [1.807, 2.05) is 30.3 Å². The molecule has 33 heavy (non-hydrogen) atoms. The van der Waals surface area contributed by atoms with Gasteiger partial charge in [0.15, 0.2) is 11.6 Å². The summed E-state index contributed by atoms with van der Waals surface area (Å²) in [6.07, 6.45) is 4.02. The van der Waals surface area contributed by atoms with Gasteiger partial charge in [-0.2, -0.15) is 0 Å². The van der Waals surface area contributed by atoms with E-state index in [1.54, 1.807) is 19.5 Å². The van der Waals surface area contributed by atoms with Gasteiger partial charge in [-0.1, -0.05) is 26.0 Å². The summed E-state index contributed by atoms with van der Waals surface area (Å²) in [5, 5.41) is 6.09. The SMILES string of the molecule is COc1cccc(-c2cncc(Nc3nc(NC(CN)CC(C)C)c(F)cc3C(N)=O)c2)c1. The zero-order chi connectivity index (χ0) is 24.0. The second-order valence-corrected chi connectivity index (χ2v) is 8.10. The van der Waals surface area contributed by atoms with E-state index >= 15 is 0 Å². The van der Waals surface area contributed by atoms with E-state index < -0.39 is 11.7 Å². The predicted octanol–water partition coefficient (Wildman–Crippen LogP) is 3.92. The van der Waals surface area contributed by atoms with Crippen LogP contribution in [0.4, 0.5) is 21.7 Å². The maximum Gasteiger partial charge on any atom is 0.252 e. The molecule has 8 nitrogen and oxygen atoms in total. The molecule has 0 bridgehead atoms. The van der Waals surface area contributed by atoms with Crippen molar-refractivity contribution in [3.63, 3.8) is 0 Å². The third kappa shape index (κ3) is 6.17. The van der Waals surface area contributed by atoms with Gasteiger partial charge in [0, 0.05) is 24.3 Å². The van der Waals surface area contributed by atoms with Crippen LogP contribution in [0.15, 0.2) is 48.8 Å². The van der Waals surface area contributed by atoms with Crippen molar-refractivity contribution < 1.29 is 13.9 Å². The fourth-order valence-electron chi connectivity index (χ4n) is 3.46. The van der Waals surface area contributed by atoms with Crippen molar-refractivity contribution in [3.05, 3.63) is 60.2 Å². The summed E-state index contributed by atoms with van der Waals surface area (Å²) >= 11 is 0. The highest BCUT2D eigenvalue weighted by Gasteiger charge is 2.19. The molecule has 6 N–H and O–H groups in total. The van der Waals surface area contributed by atoms with Crippen LogP contribution in [0.2, 0.25) is 0 Å². The van der Waals surface area contributed by atoms with Gasteiger partial charge in [0.25, 0.3) is 5.91 Å². The molecule has 0 saturated heterocycles. The zero-order valence-corrected chi connectivity index (χ0v) is 18.9. The first-order valence-electron chi connectivity index (χ1n) is 10.6. The van der Waals surface area contributed by atoms with Gasteiger partial charge in [-0.15, -0.1) is 0 Å². The summed E-state index contributed by atoms with van der Waals surface area (Å²) in [5.74, 6) is -0.285. The molecule has 0 fully saturated rings. The van der Waals surface area contributed by atoms with E-state index in [1.165, 1.54) is 0 Å². The van der Waals surface area contributed by atoms with Crippen LogP contribution in [0.3, 0.4) is 0 Å². The number of hydrogen-bond acceptors (Lipinski definition) is 7. The molecule has 0 saturated carbocycles. The van der Waals surface area contributed by atoms with Crippen molar-refractivity contribution >= 4 is 23.2 Å². The predicted molar refractivity (Wildman–Crippen MR) is 128 cm³/mol. The van der Waals surface area contributed by atoms with Gasteiger partial charge in [0.05, 0.1) is 24.6 Å². The lowest BCUT2D eigenvalue weighted by molar-refractivity contribution is 0.100. The van der Waals surface area contributed by atoms with Gasteiger partial charge in [0.1, 0.15) is 11.6 Å². The van der Waals surface area contributed by atoms with E-state index in [2.05, 4.69) is 34.4 Å². The third-order valence-electron chi connectivity index (χ3n) is 5.03. The van der Waals surface area contributed by atoms with Crippen molar-refractivity contribution in [3.8, 4) is 16.9 Å². The van der Waals surface area contributed by atoms with Crippen molar-refractivity contribution in [1.82, 2.24) is 9.97 Å². The third-order valence-corrected chi connectivity index (χ3v) is 5.03. The monoisotopic (exact) mass is 452 g/mol. The summed E-state index contributed by atoms with van der Waals surface area (Å²) in [6, 6.07) is 10.3. The highest BCUT2D eigenvalue weighted by atomic mass is 19.1. The average molecular weight is 453 g/mol. The van der Waals surface area contributed by atoms with Crippen LogP contribution >= 0.6 is 0 Å².